The Kier molecular flexibility index (Phi) is 5.94. The monoisotopic (exact) mass is 248 g/mol. The first-order chi connectivity index (χ1) is 8.69. The molecular weight excluding hydrogens is 228 g/mol. The number of likely N-dealkylation sites (N-methyl/N-ethyl adjacent to an activating group) is 1. The molecule has 0 bridgehead atoms. The number of hydrogen-bond acceptors (Lipinski definition) is 3. The minimum Gasteiger partial charge on any atom is -0.497 e. The maximum atomic E-state index is 11.8. The van der Waals surface area contributed by atoms with Gasteiger partial charge in [-0.1, -0.05) is 19.1 Å². The molecule has 0 aliphatic carbocycles. The van der Waals surface area contributed by atoms with Gasteiger partial charge in [0, 0.05) is 18.3 Å². The van der Waals surface area contributed by atoms with E-state index in [9.17, 15) is 4.79 Å². The van der Waals surface area contributed by atoms with Crippen LogP contribution in [-0.4, -0.2) is 37.6 Å². The van der Waals surface area contributed by atoms with Gasteiger partial charge in [0.1, 0.15) is 5.75 Å². The van der Waals surface area contributed by atoms with E-state index in [0.29, 0.717) is 13.1 Å². The molecule has 1 N–H and O–H groups in total. The van der Waals surface area contributed by atoms with Crippen molar-refractivity contribution in [3.63, 3.8) is 0 Å². The summed E-state index contributed by atoms with van der Waals surface area (Å²) in [4.78, 5) is 13.8. The zero-order chi connectivity index (χ0) is 13.4. The second-order valence-corrected chi connectivity index (χ2v) is 3.90. The van der Waals surface area contributed by atoms with Crippen molar-refractivity contribution in [2.75, 3.05) is 32.1 Å². The largest absolute Gasteiger partial charge is 0.497 e. The Morgan fingerprint density at radius 3 is 2.94 bits per heavy atom. The molecule has 1 amide bonds. The number of hydrogen-bond donors (Lipinski definition) is 1. The van der Waals surface area contributed by atoms with Gasteiger partial charge in [-0.15, -0.1) is 6.58 Å². The second kappa shape index (κ2) is 7.50. The van der Waals surface area contributed by atoms with E-state index in [2.05, 4.69) is 11.9 Å². The van der Waals surface area contributed by atoms with E-state index in [-0.39, 0.29) is 5.91 Å². The standard InChI is InChI=1S/C14H20N2O2/c1-4-9-16(5-2)11-14(17)15-12-7-6-8-13(10-12)18-3/h4,6-8,10H,1,5,9,11H2,2-3H3,(H,15,17). The lowest BCUT2D eigenvalue weighted by Crippen LogP contribution is -2.33. The van der Waals surface area contributed by atoms with Crippen molar-refractivity contribution in [3.8, 4) is 5.75 Å². The summed E-state index contributed by atoms with van der Waals surface area (Å²) in [6.07, 6.45) is 1.79. The molecule has 0 fully saturated rings. The maximum absolute atomic E-state index is 11.8. The molecule has 0 atom stereocenters. The predicted molar refractivity (Wildman–Crippen MR) is 73.9 cm³/mol. The molecule has 4 heteroatoms. The van der Waals surface area contributed by atoms with Crippen LogP contribution in [-0.2, 0) is 4.79 Å². The zero-order valence-corrected chi connectivity index (χ0v) is 11.0. The van der Waals surface area contributed by atoms with Crippen molar-refractivity contribution in [3.05, 3.63) is 36.9 Å². The topological polar surface area (TPSA) is 41.6 Å². The van der Waals surface area contributed by atoms with Gasteiger partial charge in [-0.05, 0) is 18.7 Å². The van der Waals surface area contributed by atoms with Gasteiger partial charge in [0.25, 0.3) is 0 Å². The normalized spacial score (nSPS) is 10.2. The van der Waals surface area contributed by atoms with Crippen LogP contribution in [0.5, 0.6) is 5.75 Å². The minimum atomic E-state index is -0.0352. The fraction of sp³-hybridized carbons (Fsp3) is 0.357. The molecular formula is C14H20N2O2. The number of rotatable bonds is 7. The number of ether oxygens (including phenoxy) is 1. The lowest BCUT2D eigenvalue weighted by Gasteiger charge is -2.17. The lowest BCUT2D eigenvalue weighted by atomic mass is 10.3. The van der Waals surface area contributed by atoms with E-state index in [1.807, 2.05) is 30.0 Å². The summed E-state index contributed by atoms with van der Waals surface area (Å²) in [5.41, 5.74) is 0.744. The first-order valence-electron chi connectivity index (χ1n) is 5.96. The van der Waals surface area contributed by atoms with Crippen LogP contribution in [0.4, 0.5) is 5.69 Å². The Bertz CT molecular complexity index is 405. The van der Waals surface area contributed by atoms with E-state index in [4.69, 9.17) is 4.74 Å². The number of nitrogens with zero attached hydrogens (tertiary/aromatic N) is 1. The number of carbonyl (C=O) groups is 1. The van der Waals surface area contributed by atoms with Crippen LogP contribution in [0.3, 0.4) is 0 Å². The molecule has 0 unspecified atom stereocenters. The van der Waals surface area contributed by atoms with Gasteiger partial charge in [0.05, 0.1) is 13.7 Å². The SMILES string of the molecule is C=CCN(CC)CC(=O)Nc1cccc(OC)c1. The summed E-state index contributed by atoms with van der Waals surface area (Å²) in [6, 6.07) is 7.31. The van der Waals surface area contributed by atoms with Crippen LogP contribution in [0.15, 0.2) is 36.9 Å². The average molecular weight is 248 g/mol. The van der Waals surface area contributed by atoms with Crippen LogP contribution in [0.1, 0.15) is 6.92 Å². The van der Waals surface area contributed by atoms with Crippen molar-refractivity contribution >= 4 is 11.6 Å². The third-order valence-corrected chi connectivity index (χ3v) is 2.56. The average Bonchev–Trinajstić information content (AvgIpc) is 2.38. The highest BCUT2D eigenvalue weighted by Crippen LogP contribution is 2.16. The van der Waals surface area contributed by atoms with Crippen molar-refractivity contribution < 1.29 is 9.53 Å². The van der Waals surface area contributed by atoms with Gasteiger partial charge < -0.3 is 10.1 Å². The number of carbonyl (C=O) groups excluding carboxylic acids is 1. The zero-order valence-electron chi connectivity index (χ0n) is 11.0. The molecule has 1 aromatic carbocycles. The van der Waals surface area contributed by atoms with Gasteiger partial charge in [-0.2, -0.15) is 0 Å². The minimum absolute atomic E-state index is 0.0352. The Labute approximate surface area is 108 Å². The Morgan fingerprint density at radius 2 is 2.33 bits per heavy atom. The highest BCUT2D eigenvalue weighted by molar-refractivity contribution is 5.92. The third kappa shape index (κ3) is 4.59. The Hall–Kier alpha value is -1.81. The molecule has 0 spiro atoms. The number of anilines is 1. The van der Waals surface area contributed by atoms with Crippen molar-refractivity contribution in [2.45, 2.75) is 6.92 Å². The number of amides is 1. The van der Waals surface area contributed by atoms with E-state index in [1.54, 1.807) is 19.3 Å². The molecule has 1 rings (SSSR count). The van der Waals surface area contributed by atoms with Gasteiger partial charge in [0.2, 0.25) is 5.91 Å². The molecule has 18 heavy (non-hydrogen) atoms. The van der Waals surface area contributed by atoms with Crippen LogP contribution < -0.4 is 10.1 Å². The van der Waals surface area contributed by atoms with E-state index in [1.165, 1.54) is 0 Å². The number of benzene rings is 1. The first-order valence-corrected chi connectivity index (χ1v) is 5.96. The first kappa shape index (κ1) is 14.3. The predicted octanol–water partition coefficient (Wildman–Crippen LogP) is 2.14. The van der Waals surface area contributed by atoms with Crippen LogP contribution in [0, 0.1) is 0 Å². The van der Waals surface area contributed by atoms with Crippen molar-refractivity contribution in [1.82, 2.24) is 4.90 Å². The molecule has 0 saturated heterocycles. The quantitative estimate of drug-likeness (QED) is 0.752. The summed E-state index contributed by atoms with van der Waals surface area (Å²) < 4.78 is 5.10. The van der Waals surface area contributed by atoms with Gasteiger partial charge in [0.15, 0.2) is 0 Å². The van der Waals surface area contributed by atoms with Crippen LogP contribution in [0.25, 0.3) is 0 Å². The molecule has 0 saturated carbocycles. The highest BCUT2D eigenvalue weighted by atomic mass is 16.5. The van der Waals surface area contributed by atoms with Gasteiger partial charge in [-0.3, -0.25) is 9.69 Å². The molecule has 98 valence electrons. The van der Waals surface area contributed by atoms with E-state index >= 15 is 0 Å². The fourth-order valence-corrected chi connectivity index (χ4v) is 1.59. The van der Waals surface area contributed by atoms with Gasteiger partial charge in [-0.25, -0.2) is 0 Å². The molecule has 0 heterocycles. The van der Waals surface area contributed by atoms with Gasteiger partial charge >= 0.3 is 0 Å². The fourth-order valence-electron chi connectivity index (χ4n) is 1.59. The highest BCUT2D eigenvalue weighted by Gasteiger charge is 2.08. The number of methoxy groups -OCH3 is 1. The lowest BCUT2D eigenvalue weighted by molar-refractivity contribution is -0.117. The summed E-state index contributed by atoms with van der Waals surface area (Å²) in [6.45, 7) is 7.58. The van der Waals surface area contributed by atoms with Crippen LogP contribution >= 0.6 is 0 Å². The van der Waals surface area contributed by atoms with Crippen molar-refractivity contribution in [1.29, 1.82) is 0 Å². The van der Waals surface area contributed by atoms with Crippen LogP contribution in [0.2, 0.25) is 0 Å². The second-order valence-electron chi connectivity index (χ2n) is 3.90. The van der Waals surface area contributed by atoms with E-state index in [0.717, 1.165) is 18.0 Å². The van der Waals surface area contributed by atoms with Crippen molar-refractivity contribution in [2.24, 2.45) is 0 Å². The summed E-state index contributed by atoms with van der Waals surface area (Å²) >= 11 is 0. The Balaban J connectivity index is 2.55. The Morgan fingerprint density at radius 1 is 1.56 bits per heavy atom. The smallest absolute Gasteiger partial charge is 0.238 e. The maximum Gasteiger partial charge on any atom is 0.238 e. The third-order valence-electron chi connectivity index (χ3n) is 2.56. The summed E-state index contributed by atoms with van der Waals surface area (Å²) in [7, 11) is 1.60. The molecule has 4 nitrogen and oxygen atoms in total. The summed E-state index contributed by atoms with van der Waals surface area (Å²) in [5.74, 6) is 0.693. The molecule has 0 aliphatic heterocycles. The molecule has 0 aromatic heterocycles. The summed E-state index contributed by atoms with van der Waals surface area (Å²) in [5, 5.41) is 2.84. The molecule has 0 radical (unpaired) electrons. The number of nitrogens with one attached hydrogen (secondary N) is 1. The van der Waals surface area contributed by atoms with E-state index < -0.39 is 0 Å². The molecule has 1 aromatic rings. The molecule has 0 aliphatic rings.